The van der Waals surface area contributed by atoms with Crippen LogP contribution in [0.1, 0.15) is 25.3 Å². The normalized spacial score (nSPS) is 16.7. The molecule has 1 heterocycles. The summed E-state index contributed by atoms with van der Waals surface area (Å²) >= 11 is 0. The number of anilines is 1. The molecule has 1 fully saturated rings. The summed E-state index contributed by atoms with van der Waals surface area (Å²) < 4.78 is 25.9. The van der Waals surface area contributed by atoms with Crippen molar-refractivity contribution in [1.82, 2.24) is 4.31 Å². The van der Waals surface area contributed by atoms with Crippen molar-refractivity contribution in [3.05, 3.63) is 29.8 Å². The van der Waals surface area contributed by atoms with Crippen molar-refractivity contribution in [1.29, 1.82) is 5.26 Å². The molecule has 0 radical (unpaired) electrons. The Morgan fingerprint density at radius 2 is 1.76 bits per heavy atom. The monoisotopic (exact) mass is 307 g/mol. The third-order valence-electron chi connectivity index (χ3n) is 3.75. The molecular formula is C15H21N3O2S. The highest BCUT2D eigenvalue weighted by Crippen LogP contribution is 2.18. The molecule has 1 aliphatic heterocycles. The number of unbranched alkanes of at least 4 members (excludes halogenated alkanes) is 1. The molecule has 5 nitrogen and oxygen atoms in total. The van der Waals surface area contributed by atoms with E-state index in [0.717, 1.165) is 18.5 Å². The van der Waals surface area contributed by atoms with E-state index in [9.17, 15) is 8.42 Å². The van der Waals surface area contributed by atoms with Crippen LogP contribution in [0, 0.1) is 11.3 Å². The summed E-state index contributed by atoms with van der Waals surface area (Å²) in [6.45, 7) is 4.45. The highest BCUT2D eigenvalue weighted by Gasteiger charge is 2.26. The summed E-state index contributed by atoms with van der Waals surface area (Å²) in [4.78, 5) is 2.16. The molecule has 1 saturated heterocycles. The Bertz CT molecular complexity index is 597. The Hall–Kier alpha value is -1.58. The molecule has 0 aliphatic carbocycles. The minimum absolute atomic E-state index is 0.250. The Labute approximate surface area is 126 Å². The van der Waals surface area contributed by atoms with Crippen LogP contribution in [0.3, 0.4) is 0 Å². The SMILES string of the molecule is CCCCS(=O)(=O)N1CCN(c2ccc(C#N)cc2)CC1. The third-order valence-corrected chi connectivity index (χ3v) is 5.71. The second-order valence-corrected chi connectivity index (χ2v) is 7.30. The molecule has 0 amide bonds. The molecule has 0 saturated carbocycles. The molecule has 0 bridgehead atoms. The lowest BCUT2D eigenvalue weighted by atomic mass is 10.2. The van der Waals surface area contributed by atoms with E-state index in [1.165, 1.54) is 0 Å². The van der Waals surface area contributed by atoms with Crippen LogP contribution in [0.2, 0.25) is 0 Å². The highest BCUT2D eigenvalue weighted by molar-refractivity contribution is 7.89. The Morgan fingerprint density at radius 1 is 1.14 bits per heavy atom. The molecular weight excluding hydrogens is 286 g/mol. The van der Waals surface area contributed by atoms with Gasteiger partial charge < -0.3 is 4.90 Å². The maximum atomic E-state index is 12.1. The van der Waals surface area contributed by atoms with E-state index in [1.807, 2.05) is 19.1 Å². The molecule has 114 valence electrons. The number of rotatable bonds is 5. The van der Waals surface area contributed by atoms with Gasteiger partial charge in [0.15, 0.2) is 0 Å². The molecule has 21 heavy (non-hydrogen) atoms. The van der Waals surface area contributed by atoms with E-state index in [0.29, 0.717) is 31.7 Å². The highest BCUT2D eigenvalue weighted by atomic mass is 32.2. The van der Waals surface area contributed by atoms with Gasteiger partial charge in [0.2, 0.25) is 10.0 Å². The number of nitrogens with zero attached hydrogens (tertiary/aromatic N) is 3. The molecule has 0 aromatic heterocycles. The maximum Gasteiger partial charge on any atom is 0.214 e. The fourth-order valence-electron chi connectivity index (χ4n) is 2.43. The predicted octanol–water partition coefficient (Wildman–Crippen LogP) is 1.81. The van der Waals surface area contributed by atoms with Crippen molar-refractivity contribution in [2.24, 2.45) is 0 Å². The average molecular weight is 307 g/mol. The third kappa shape index (κ3) is 3.96. The van der Waals surface area contributed by atoms with Gasteiger partial charge in [-0.3, -0.25) is 0 Å². The van der Waals surface area contributed by atoms with Crippen molar-refractivity contribution in [2.45, 2.75) is 19.8 Å². The van der Waals surface area contributed by atoms with Crippen LogP contribution in [0.5, 0.6) is 0 Å². The zero-order chi connectivity index (χ0) is 15.3. The van der Waals surface area contributed by atoms with Gasteiger partial charge in [-0.15, -0.1) is 0 Å². The quantitative estimate of drug-likeness (QED) is 0.832. The molecule has 1 aromatic carbocycles. The van der Waals surface area contributed by atoms with E-state index in [4.69, 9.17) is 5.26 Å². The Kier molecular flexibility index (Phi) is 5.21. The van der Waals surface area contributed by atoms with E-state index in [2.05, 4.69) is 11.0 Å². The van der Waals surface area contributed by atoms with Gasteiger partial charge in [0.25, 0.3) is 0 Å². The van der Waals surface area contributed by atoms with Crippen molar-refractivity contribution < 1.29 is 8.42 Å². The number of hydrogen-bond donors (Lipinski definition) is 0. The van der Waals surface area contributed by atoms with Crippen molar-refractivity contribution in [2.75, 3.05) is 36.8 Å². The minimum atomic E-state index is -3.10. The van der Waals surface area contributed by atoms with E-state index in [1.54, 1.807) is 16.4 Å². The van der Waals surface area contributed by atoms with Crippen LogP contribution in [0.4, 0.5) is 5.69 Å². The lowest BCUT2D eigenvalue weighted by Gasteiger charge is -2.35. The van der Waals surface area contributed by atoms with Crippen LogP contribution in [0.25, 0.3) is 0 Å². The molecule has 0 N–H and O–H groups in total. The number of nitriles is 1. The molecule has 1 aromatic rings. The van der Waals surface area contributed by atoms with E-state index >= 15 is 0 Å². The van der Waals surface area contributed by atoms with Gasteiger partial charge in [-0.2, -0.15) is 9.57 Å². The number of benzene rings is 1. The smallest absolute Gasteiger partial charge is 0.214 e. The average Bonchev–Trinajstić information content (AvgIpc) is 2.53. The molecule has 6 heteroatoms. The summed E-state index contributed by atoms with van der Waals surface area (Å²) in [5.41, 5.74) is 1.68. The molecule has 0 spiro atoms. The Balaban J connectivity index is 1.95. The first-order valence-corrected chi connectivity index (χ1v) is 8.90. The standard InChI is InChI=1S/C15H21N3O2S/c1-2-3-12-21(19,20)18-10-8-17(9-11-18)15-6-4-14(13-16)5-7-15/h4-7H,2-3,8-12H2,1H3. The second kappa shape index (κ2) is 6.92. The van der Waals surface area contributed by atoms with Crippen molar-refractivity contribution >= 4 is 15.7 Å². The summed E-state index contributed by atoms with van der Waals surface area (Å²) in [6, 6.07) is 9.51. The molecule has 2 rings (SSSR count). The number of hydrogen-bond acceptors (Lipinski definition) is 4. The minimum Gasteiger partial charge on any atom is -0.369 e. The number of sulfonamides is 1. The zero-order valence-corrected chi connectivity index (χ0v) is 13.1. The van der Waals surface area contributed by atoms with E-state index < -0.39 is 10.0 Å². The second-order valence-electron chi connectivity index (χ2n) is 5.21. The van der Waals surface area contributed by atoms with Crippen LogP contribution in [-0.4, -0.2) is 44.7 Å². The summed E-state index contributed by atoms with van der Waals surface area (Å²) in [7, 11) is -3.10. The van der Waals surface area contributed by atoms with Gasteiger partial charge in [0, 0.05) is 31.9 Å². The fourth-order valence-corrected chi connectivity index (χ4v) is 4.06. The van der Waals surface area contributed by atoms with Crippen LogP contribution in [0.15, 0.2) is 24.3 Å². The summed E-state index contributed by atoms with van der Waals surface area (Å²) in [5, 5.41) is 8.80. The first-order valence-electron chi connectivity index (χ1n) is 7.30. The van der Waals surface area contributed by atoms with Gasteiger partial charge in [0.05, 0.1) is 17.4 Å². The first kappa shape index (κ1) is 15.8. The summed E-state index contributed by atoms with van der Waals surface area (Å²) in [5.74, 6) is 0.250. The first-order chi connectivity index (χ1) is 10.1. The van der Waals surface area contributed by atoms with Crippen molar-refractivity contribution in [3.8, 4) is 6.07 Å². The van der Waals surface area contributed by atoms with E-state index in [-0.39, 0.29) is 5.75 Å². The van der Waals surface area contributed by atoms with Gasteiger partial charge in [-0.05, 0) is 30.7 Å². The zero-order valence-electron chi connectivity index (χ0n) is 12.3. The summed E-state index contributed by atoms with van der Waals surface area (Å²) in [6.07, 6.45) is 1.61. The van der Waals surface area contributed by atoms with Gasteiger partial charge in [-0.1, -0.05) is 13.3 Å². The fraction of sp³-hybridized carbons (Fsp3) is 0.533. The maximum absolute atomic E-state index is 12.1. The molecule has 1 aliphatic rings. The van der Waals surface area contributed by atoms with Gasteiger partial charge in [-0.25, -0.2) is 8.42 Å². The van der Waals surface area contributed by atoms with Gasteiger partial charge >= 0.3 is 0 Å². The van der Waals surface area contributed by atoms with Crippen LogP contribution in [-0.2, 0) is 10.0 Å². The van der Waals surface area contributed by atoms with Crippen molar-refractivity contribution in [3.63, 3.8) is 0 Å². The van der Waals surface area contributed by atoms with Crippen LogP contribution < -0.4 is 4.90 Å². The van der Waals surface area contributed by atoms with Gasteiger partial charge in [0.1, 0.15) is 0 Å². The lowest BCUT2D eigenvalue weighted by molar-refractivity contribution is 0.384. The molecule has 0 atom stereocenters. The van der Waals surface area contributed by atoms with Crippen LogP contribution >= 0.6 is 0 Å². The lowest BCUT2D eigenvalue weighted by Crippen LogP contribution is -2.49. The number of piperazine rings is 1. The Morgan fingerprint density at radius 3 is 2.29 bits per heavy atom. The largest absolute Gasteiger partial charge is 0.369 e. The topological polar surface area (TPSA) is 64.4 Å². The predicted molar refractivity (Wildman–Crippen MR) is 83.6 cm³/mol. The molecule has 0 unspecified atom stereocenters.